The smallest absolute Gasteiger partial charge is 0.123 e. The van der Waals surface area contributed by atoms with Crippen molar-refractivity contribution in [3.8, 4) is 0 Å². The Kier molecular flexibility index (Phi) is 5.75. The molecule has 0 aliphatic carbocycles. The quantitative estimate of drug-likeness (QED) is 0.772. The third-order valence-electron chi connectivity index (χ3n) is 3.32. The van der Waals surface area contributed by atoms with Gasteiger partial charge in [0.1, 0.15) is 5.82 Å². The Balaban J connectivity index is 2.13. The Morgan fingerprint density at radius 1 is 0.950 bits per heavy atom. The van der Waals surface area contributed by atoms with E-state index in [-0.39, 0.29) is 11.7 Å². The highest BCUT2D eigenvalue weighted by atomic mass is 79.9. The van der Waals surface area contributed by atoms with Crippen LogP contribution in [0.3, 0.4) is 0 Å². The van der Waals surface area contributed by atoms with Crippen LogP contribution >= 0.6 is 31.9 Å². The van der Waals surface area contributed by atoms with E-state index in [4.69, 9.17) is 5.73 Å². The monoisotopic (exact) mass is 399 g/mol. The lowest BCUT2D eigenvalue weighted by Gasteiger charge is -2.17. The molecule has 4 heteroatoms. The van der Waals surface area contributed by atoms with E-state index >= 15 is 0 Å². The molecule has 0 radical (unpaired) electrons. The summed E-state index contributed by atoms with van der Waals surface area (Å²) in [6, 6.07) is 12.9. The van der Waals surface area contributed by atoms with Crippen LogP contribution in [-0.2, 0) is 12.8 Å². The maximum atomic E-state index is 13.3. The average Bonchev–Trinajstić information content (AvgIpc) is 2.44. The lowest BCUT2D eigenvalue weighted by atomic mass is 9.92. The fraction of sp³-hybridized carbons (Fsp3) is 0.250. The van der Waals surface area contributed by atoms with Gasteiger partial charge in [-0.2, -0.15) is 0 Å². The molecule has 0 aliphatic rings. The van der Waals surface area contributed by atoms with Gasteiger partial charge in [-0.3, -0.25) is 0 Å². The van der Waals surface area contributed by atoms with E-state index in [0.29, 0.717) is 6.54 Å². The van der Waals surface area contributed by atoms with Crippen molar-refractivity contribution in [2.45, 2.75) is 12.8 Å². The zero-order chi connectivity index (χ0) is 14.5. The molecule has 2 N–H and O–H groups in total. The van der Waals surface area contributed by atoms with E-state index in [2.05, 4.69) is 37.9 Å². The van der Waals surface area contributed by atoms with Gasteiger partial charge in [-0.15, -0.1) is 0 Å². The van der Waals surface area contributed by atoms with Gasteiger partial charge in [0.2, 0.25) is 0 Å². The molecular weight excluding hydrogens is 385 g/mol. The molecule has 0 aromatic heterocycles. The lowest BCUT2D eigenvalue weighted by Crippen LogP contribution is -2.19. The van der Waals surface area contributed by atoms with Crippen molar-refractivity contribution in [2.24, 2.45) is 11.7 Å². The van der Waals surface area contributed by atoms with Crippen LogP contribution in [0.15, 0.2) is 51.4 Å². The minimum Gasteiger partial charge on any atom is -0.330 e. The predicted molar refractivity (Wildman–Crippen MR) is 88.2 cm³/mol. The van der Waals surface area contributed by atoms with Gasteiger partial charge in [0.25, 0.3) is 0 Å². The van der Waals surface area contributed by atoms with Crippen molar-refractivity contribution in [1.29, 1.82) is 0 Å². The summed E-state index contributed by atoms with van der Waals surface area (Å²) in [5.74, 6) is 0.0756. The van der Waals surface area contributed by atoms with Crippen molar-refractivity contribution >= 4 is 31.9 Å². The summed E-state index contributed by atoms with van der Waals surface area (Å²) in [5, 5.41) is 0. The molecule has 0 heterocycles. The van der Waals surface area contributed by atoms with Gasteiger partial charge in [0, 0.05) is 8.95 Å². The fourth-order valence-corrected chi connectivity index (χ4v) is 3.08. The molecule has 2 aromatic carbocycles. The number of rotatable bonds is 5. The largest absolute Gasteiger partial charge is 0.330 e. The van der Waals surface area contributed by atoms with Crippen LogP contribution in [0.2, 0.25) is 0 Å². The molecule has 2 rings (SSSR count). The first-order chi connectivity index (χ1) is 9.60. The normalized spacial score (nSPS) is 12.4. The molecule has 106 valence electrons. The van der Waals surface area contributed by atoms with E-state index in [1.165, 1.54) is 11.6 Å². The van der Waals surface area contributed by atoms with Crippen LogP contribution in [0.4, 0.5) is 4.39 Å². The summed E-state index contributed by atoms with van der Waals surface area (Å²) >= 11 is 7.03. The van der Waals surface area contributed by atoms with E-state index in [1.807, 2.05) is 18.2 Å². The highest BCUT2D eigenvalue weighted by Crippen LogP contribution is 2.24. The first-order valence-corrected chi connectivity index (χ1v) is 8.06. The molecule has 0 spiro atoms. The molecule has 0 saturated carbocycles. The zero-order valence-electron chi connectivity index (χ0n) is 11.0. The summed E-state index contributed by atoms with van der Waals surface area (Å²) in [5.41, 5.74) is 8.08. The molecule has 0 bridgehead atoms. The van der Waals surface area contributed by atoms with E-state index < -0.39 is 0 Å². The average molecular weight is 401 g/mol. The Morgan fingerprint density at radius 3 is 2.30 bits per heavy atom. The number of hydrogen-bond donors (Lipinski definition) is 1. The predicted octanol–water partition coefficient (Wildman–Crippen LogP) is 4.71. The van der Waals surface area contributed by atoms with E-state index in [1.54, 1.807) is 12.1 Å². The Labute approximate surface area is 135 Å². The van der Waals surface area contributed by atoms with Gasteiger partial charge in [0.05, 0.1) is 0 Å². The highest BCUT2D eigenvalue weighted by Gasteiger charge is 2.13. The highest BCUT2D eigenvalue weighted by molar-refractivity contribution is 9.10. The molecule has 1 atom stereocenters. The van der Waals surface area contributed by atoms with Gasteiger partial charge in [0.15, 0.2) is 0 Å². The summed E-state index contributed by atoms with van der Waals surface area (Å²) < 4.78 is 15.4. The van der Waals surface area contributed by atoms with Gasteiger partial charge >= 0.3 is 0 Å². The van der Waals surface area contributed by atoms with Crippen molar-refractivity contribution < 1.29 is 4.39 Å². The molecule has 20 heavy (non-hydrogen) atoms. The van der Waals surface area contributed by atoms with Gasteiger partial charge in [-0.1, -0.05) is 50.1 Å². The van der Waals surface area contributed by atoms with Crippen LogP contribution in [0.5, 0.6) is 0 Å². The summed E-state index contributed by atoms with van der Waals surface area (Å²) in [6.45, 7) is 0.574. The second-order valence-electron chi connectivity index (χ2n) is 4.84. The molecular formula is C16H16Br2FN. The van der Waals surface area contributed by atoms with Crippen molar-refractivity contribution in [1.82, 2.24) is 0 Å². The molecule has 1 nitrogen and oxygen atoms in total. The van der Waals surface area contributed by atoms with Crippen molar-refractivity contribution in [3.05, 3.63) is 68.4 Å². The maximum absolute atomic E-state index is 13.3. The minimum absolute atomic E-state index is 0.208. The summed E-state index contributed by atoms with van der Waals surface area (Å²) in [7, 11) is 0. The van der Waals surface area contributed by atoms with Crippen LogP contribution in [0, 0.1) is 11.7 Å². The Bertz CT molecular complexity index is 586. The molecule has 0 saturated heterocycles. The Morgan fingerprint density at radius 2 is 1.60 bits per heavy atom. The van der Waals surface area contributed by atoms with Gasteiger partial charge in [-0.05, 0) is 60.7 Å². The minimum atomic E-state index is -0.208. The third-order valence-corrected chi connectivity index (χ3v) is 4.86. The standard InChI is InChI=1S/C16H16Br2FN/c17-15-4-2-1-3-12(15)7-11(10-20)8-13-9-14(19)5-6-16(13)18/h1-6,9,11H,7-8,10,20H2. The number of hydrogen-bond acceptors (Lipinski definition) is 1. The van der Waals surface area contributed by atoms with E-state index in [9.17, 15) is 4.39 Å². The SMILES string of the molecule is NCC(Cc1ccccc1Br)Cc1cc(F)ccc1Br. The number of nitrogens with two attached hydrogens (primary N) is 1. The van der Waals surface area contributed by atoms with Crippen LogP contribution in [0.25, 0.3) is 0 Å². The third kappa shape index (κ3) is 4.14. The number of benzene rings is 2. The first kappa shape index (κ1) is 15.7. The molecule has 0 fully saturated rings. The maximum Gasteiger partial charge on any atom is 0.123 e. The van der Waals surface area contributed by atoms with Crippen LogP contribution in [0.1, 0.15) is 11.1 Å². The molecule has 1 unspecified atom stereocenters. The lowest BCUT2D eigenvalue weighted by molar-refractivity contribution is 0.528. The first-order valence-electron chi connectivity index (χ1n) is 6.47. The topological polar surface area (TPSA) is 26.0 Å². The second-order valence-corrected chi connectivity index (χ2v) is 6.55. The van der Waals surface area contributed by atoms with Gasteiger partial charge in [-0.25, -0.2) is 4.39 Å². The van der Waals surface area contributed by atoms with Crippen molar-refractivity contribution in [3.63, 3.8) is 0 Å². The van der Waals surface area contributed by atoms with Crippen molar-refractivity contribution in [2.75, 3.05) is 6.54 Å². The summed E-state index contributed by atoms with van der Waals surface area (Å²) in [4.78, 5) is 0. The van der Waals surface area contributed by atoms with Crippen LogP contribution < -0.4 is 5.73 Å². The molecule has 2 aromatic rings. The van der Waals surface area contributed by atoms with Gasteiger partial charge < -0.3 is 5.73 Å². The van der Waals surface area contributed by atoms with Crippen LogP contribution in [-0.4, -0.2) is 6.54 Å². The molecule has 0 aliphatic heterocycles. The zero-order valence-corrected chi connectivity index (χ0v) is 14.1. The Hall–Kier alpha value is -0.710. The number of halogens is 3. The molecule has 0 amide bonds. The van der Waals surface area contributed by atoms with E-state index in [0.717, 1.165) is 27.4 Å². The second kappa shape index (κ2) is 7.34. The fourth-order valence-electron chi connectivity index (χ4n) is 2.22. The summed E-state index contributed by atoms with van der Waals surface area (Å²) in [6.07, 6.45) is 1.64.